The predicted molar refractivity (Wildman–Crippen MR) is 152 cm³/mol. The van der Waals surface area contributed by atoms with Gasteiger partial charge in [-0.1, -0.05) is 90.1 Å². The standard InChI is InChI=1S/C30H26ClN3O3S/c1-3-37-30(36)27-26(21-14-8-9-15-23(21)31)22(17-32)29(34-28(27)20-12-5-4-6-13-20)38-18-25(35)33-24-16-10-7-11-19(24)2/h4-16,26,34H,3,18H2,1-2H3,(H,33,35). The molecule has 8 heteroatoms. The normalized spacial score (nSPS) is 14.9. The number of carbonyl (C=O) groups excluding carboxylic acids is 2. The summed E-state index contributed by atoms with van der Waals surface area (Å²) in [4.78, 5) is 26.2. The van der Waals surface area contributed by atoms with Crippen molar-refractivity contribution < 1.29 is 14.3 Å². The molecule has 0 aliphatic carbocycles. The molecule has 192 valence electrons. The Morgan fingerprint density at radius 3 is 2.42 bits per heavy atom. The summed E-state index contributed by atoms with van der Waals surface area (Å²) >= 11 is 7.80. The second-order valence-electron chi connectivity index (χ2n) is 8.46. The van der Waals surface area contributed by atoms with Crippen LogP contribution >= 0.6 is 23.4 Å². The summed E-state index contributed by atoms with van der Waals surface area (Å²) in [5, 5.41) is 17.4. The Balaban J connectivity index is 1.78. The molecule has 3 aromatic rings. The number of dihydropyridines is 1. The maximum Gasteiger partial charge on any atom is 0.337 e. The summed E-state index contributed by atoms with van der Waals surface area (Å²) < 4.78 is 5.45. The fraction of sp³-hybridized carbons (Fsp3) is 0.167. The molecule has 0 saturated heterocycles. The average molecular weight is 544 g/mol. The number of allylic oxidation sites excluding steroid dienone is 1. The van der Waals surface area contributed by atoms with Gasteiger partial charge in [0.2, 0.25) is 5.91 Å². The topological polar surface area (TPSA) is 91.2 Å². The molecule has 0 radical (unpaired) electrons. The number of thioether (sulfide) groups is 1. The van der Waals surface area contributed by atoms with Gasteiger partial charge in [-0.15, -0.1) is 0 Å². The Kier molecular flexibility index (Phi) is 8.90. The SMILES string of the molecule is CCOC(=O)C1=C(c2ccccc2)NC(SCC(=O)Nc2ccccc2C)=C(C#N)C1c1ccccc1Cl. The van der Waals surface area contributed by atoms with Crippen molar-refractivity contribution in [3.8, 4) is 6.07 Å². The minimum Gasteiger partial charge on any atom is -0.463 e. The first kappa shape index (κ1) is 27.1. The van der Waals surface area contributed by atoms with E-state index in [4.69, 9.17) is 16.3 Å². The number of halogens is 1. The van der Waals surface area contributed by atoms with E-state index in [2.05, 4.69) is 16.7 Å². The first-order valence-electron chi connectivity index (χ1n) is 12.0. The number of esters is 1. The maximum absolute atomic E-state index is 13.4. The highest BCUT2D eigenvalue weighted by atomic mass is 35.5. The van der Waals surface area contributed by atoms with Crippen LogP contribution < -0.4 is 10.6 Å². The summed E-state index contributed by atoms with van der Waals surface area (Å²) in [6.07, 6.45) is 0. The predicted octanol–water partition coefficient (Wildman–Crippen LogP) is 6.42. The van der Waals surface area contributed by atoms with Crippen molar-refractivity contribution in [2.45, 2.75) is 19.8 Å². The Morgan fingerprint density at radius 1 is 1.05 bits per heavy atom. The van der Waals surface area contributed by atoms with Crippen molar-refractivity contribution in [1.29, 1.82) is 5.26 Å². The lowest BCUT2D eigenvalue weighted by molar-refractivity contribution is -0.138. The van der Waals surface area contributed by atoms with Crippen LogP contribution in [0.2, 0.25) is 5.02 Å². The summed E-state index contributed by atoms with van der Waals surface area (Å²) in [5.74, 6) is -1.50. The Morgan fingerprint density at radius 2 is 1.74 bits per heavy atom. The lowest BCUT2D eigenvalue weighted by atomic mass is 9.81. The molecule has 1 unspecified atom stereocenters. The minimum atomic E-state index is -0.786. The number of hydrogen-bond donors (Lipinski definition) is 2. The lowest BCUT2D eigenvalue weighted by Gasteiger charge is -2.31. The Hall–Kier alpha value is -3.99. The van der Waals surface area contributed by atoms with E-state index in [9.17, 15) is 14.9 Å². The molecule has 2 N–H and O–H groups in total. The molecule has 1 amide bonds. The summed E-state index contributed by atoms with van der Waals surface area (Å²) in [5.41, 5.74) is 4.11. The van der Waals surface area contributed by atoms with Gasteiger partial charge in [-0.3, -0.25) is 4.79 Å². The number of rotatable bonds is 8. The first-order valence-corrected chi connectivity index (χ1v) is 13.4. The maximum atomic E-state index is 13.4. The number of nitrogens with zero attached hydrogens (tertiary/aromatic N) is 1. The third-order valence-electron chi connectivity index (χ3n) is 5.99. The largest absolute Gasteiger partial charge is 0.463 e. The molecule has 4 rings (SSSR count). The molecule has 1 heterocycles. The number of hydrogen-bond acceptors (Lipinski definition) is 6. The highest BCUT2D eigenvalue weighted by Crippen LogP contribution is 2.45. The van der Waals surface area contributed by atoms with Crippen molar-refractivity contribution in [3.63, 3.8) is 0 Å². The van der Waals surface area contributed by atoms with Gasteiger partial charge in [0.05, 0.1) is 46.2 Å². The smallest absolute Gasteiger partial charge is 0.337 e. The number of benzene rings is 3. The molecule has 0 spiro atoms. The second kappa shape index (κ2) is 12.5. The van der Waals surface area contributed by atoms with Gasteiger partial charge >= 0.3 is 5.97 Å². The molecule has 0 aromatic heterocycles. The van der Waals surface area contributed by atoms with Gasteiger partial charge < -0.3 is 15.4 Å². The monoisotopic (exact) mass is 543 g/mol. The number of ether oxygens (including phenoxy) is 1. The van der Waals surface area contributed by atoms with Crippen LogP contribution in [0.1, 0.15) is 29.5 Å². The summed E-state index contributed by atoms with van der Waals surface area (Å²) in [6.45, 7) is 3.83. The van der Waals surface area contributed by atoms with Crippen molar-refractivity contribution in [2.24, 2.45) is 0 Å². The van der Waals surface area contributed by atoms with Crippen LogP contribution in [0.15, 0.2) is 95.0 Å². The number of amides is 1. The van der Waals surface area contributed by atoms with E-state index in [1.54, 1.807) is 25.1 Å². The van der Waals surface area contributed by atoms with E-state index in [0.29, 0.717) is 21.3 Å². The highest BCUT2D eigenvalue weighted by Gasteiger charge is 2.38. The zero-order valence-electron chi connectivity index (χ0n) is 21.0. The van der Waals surface area contributed by atoms with Crippen molar-refractivity contribution in [3.05, 3.63) is 117 Å². The van der Waals surface area contributed by atoms with Crippen LogP contribution in [0, 0.1) is 18.3 Å². The van der Waals surface area contributed by atoms with E-state index in [1.165, 1.54) is 11.8 Å². The number of anilines is 1. The van der Waals surface area contributed by atoms with Gasteiger partial charge in [0, 0.05) is 10.7 Å². The van der Waals surface area contributed by atoms with E-state index in [-0.39, 0.29) is 29.4 Å². The molecule has 3 aromatic carbocycles. The summed E-state index contributed by atoms with van der Waals surface area (Å²) in [6, 6.07) is 26.3. The summed E-state index contributed by atoms with van der Waals surface area (Å²) in [7, 11) is 0. The van der Waals surface area contributed by atoms with E-state index in [1.807, 2.05) is 67.6 Å². The van der Waals surface area contributed by atoms with E-state index < -0.39 is 11.9 Å². The minimum absolute atomic E-state index is 0.0495. The van der Waals surface area contributed by atoms with Crippen LogP contribution in [-0.4, -0.2) is 24.2 Å². The van der Waals surface area contributed by atoms with Crippen LogP contribution in [-0.2, 0) is 14.3 Å². The number of aryl methyl sites for hydroxylation is 1. The number of para-hydroxylation sites is 1. The van der Waals surface area contributed by atoms with Gasteiger partial charge in [-0.05, 0) is 42.7 Å². The molecule has 0 fully saturated rings. The molecule has 1 atom stereocenters. The molecular formula is C30H26ClN3O3S. The second-order valence-corrected chi connectivity index (χ2v) is 9.85. The van der Waals surface area contributed by atoms with Crippen molar-refractivity contribution in [1.82, 2.24) is 5.32 Å². The molecule has 1 aliphatic heterocycles. The van der Waals surface area contributed by atoms with Crippen molar-refractivity contribution >= 4 is 46.6 Å². The number of nitrogens with one attached hydrogen (secondary N) is 2. The van der Waals surface area contributed by atoms with Crippen LogP contribution in [0.3, 0.4) is 0 Å². The van der Waals surface area contributed by atoms with Gasteiger partial charge in [0.25, 0.3) is 0 Å². The zero-order valence-corrected chi connectivity index (χ0v) is 22.5. The van der Waals surface area contributed by atoms with E-state index in [0.717, 1.165) is 16.8 Å². The number of carbonyl (C=O) groups is 2. The van der Waals surface area contributed by atoms with Crippen LogP contribution in [0.4, 0.5) is 5.69 Å². The quantitative estimate of drug-likeness (QED) is 0.319. The molecule has 6 nitrogen and oxygen atoms in total. The lowest BCUT2D eigenvalue weighted by Crippen LogP contribution is -2.30. The first-order chi connectivity index (χ1) is 18.4. The molecular weight excluding hydrogens is 518 g/mol. The Bertz CT molecular complexity index is 1460. The average Bonchev–Trinajstić information content (AvgIpc) is 2.93. The van der Waals surface area contributed by atoms with Crippen molar-refractivity contribution in [2.75, 3.05) is 17.7 Å². The third-order valence-corrected chi connectivity index (χ3v) is 7.35. The molecule has 0 bridgehead atoms. The third kappa shape index (κ3) is 5.94. The molecule has 0 saturated carbocycles. The number of nitriles is 1. The molecule has 1 aliphatic rings. The van der Waals surface area contributed by atoms with Gasteiger partial charge in [0.15, 0.2) is 0 Å². The van der Waals surface area contributed by atoms with Crippen LogP contribution in [0.25, 0.3) is 5.70 Å². The fourth-order valence-corrected chi connectivity index (χ4v) is 5.30. The molecule has 38 heavy (non-hydrogen) atoms. The van der Waals surface area contributed by atoms with E-state index >= 15 is 0 Å². The van der Waals surface area contributed by atoms with Crippen LogP contribution in [0.5, 0.6) is 0 Å². The Labute approximate surface area is 231 Å². The van der Waals surface area contributed by atoms with Gasteiger partial charge in [0.1, 0.15) is 0 Å². The highest BCUT2D eigenvalue weighted by molar-refractivity contribution is 8.03. The fourth-order valence-electron chi connectivity index (χ4n) is 4.22. The van der Waals surface area contributed by atoms with Gasteiger partial charge in [-0.2, -0.15) is 5.26 Å². The zero-order chi connectivity index (χ0) is 27.1. The van der Waals surface area contributed by atoms with Gasteiger partial charge in [-0.25, -0.2) is 4.79 Å².